The molecular weight excluding hydrogens is 258 g/mol. The first-order valence-corrected chi connectivity index (χ1v) is 6.09. The topological polar surface area (TPSA) is 104 Å². The lowest BCUT2D eigenvalue weighted by atomic mass is 10.3. The van der Waals surface area contributed by atoms with Gasteiger partial charge in [-0.05, 0) is 12.1 Å². The number of carboxylic acids is 1. The number of hydrogen-bond donors (Lipinski definition) is 3. The van der Waals surface area contributed by atoms with Crippen LogP contribution in [-0.4, -0.2) is 33.9 Å². The number of carboxylic acid groups (broad SMARTS) is 1. The lowest BCUT2D eigenvalue weighted by molar-refractivity contribution is -0.138. The lowest BCUT2D eigenvalue weighted by Gasteiger charge is -2.07. The third-order valence-electron chi connectivity index (χ3n) is 2.15. The fraction of sp³-hybridized carbons (Fsp3) is 0.300. The number of carbonyl (C=O) groups is 2. The molecule has 2 rings (SSSR count). The van der Waals surface area contributed by atoms with Gasteiger partial charge in [-0.15, -0.1) is 11.8 Å². The summed E-state index contributed by atoms with van der Waals surface area (Å²) < 4.78 is 5.03. The molecule has 3 N–H and O–H groups in total. The van der Waals surface area contributed by atoms with Gasteiger partial charge in [-0.25, -0.2) is 0 Å². The van der Waals surface area contributed by atoms with Gasteiger partial charge in [0.15, 0.2) is 5.50 Å². The maximum Gasteiger partial charge on any atom is 0.305 e. The number of aliphatic carboxylic acids is 1. The Morgan fingerprint density at radius 1 is 1.72 bits per heavy atom. The zero-order valence-corrected chi connectivity index (χ0v) is 10.0. The van der Waals surface area contributed by atoms with Crippen LogP contribution in [0.1, 0.15) is 12.2 Å². The second-order valence-corrected chi connectivity index (χ2v) is 4.83. The first-order valence-electron chi connectivity index (χ1n) is 5.15. The van der Waals surface area contributed by atoms with E-state index in [4.69, 9.17) is 9.52 Å². The van der Waals surface area contributed by atoms with Crippen LogP contribution in [0.15, 0.2) is 27.9 Å². The number of amides is 1. The third kappa shape index (κ3) is 3.27. The average Bonchev–Trinajstić information content (AvgIpc) is 2.90. The van der Waals surface area contributed by atoms with E-state index in [2.05, 4.69) is 15.8 Å². The van der Waals surface area contributed by atoms with Crippen molar-refractivity contribution in [2.75, 3.05) is 0 Å². The Bertz CT molecular complexity index is 460. The third-order valence-corrected chi connectivity index (χ3v) is 3.36. The van der Waals surface area contributed by atoms with E-state index >= 15 is 0 Å². The first-order chi connectivity index (χ1) is 8.65. The van der Waals surface area contributed by atoms with Crippen molar-refractivity contribution in [1.29, 1.82) is 0 Å². The molecule has 0 saturated carbocycles. The highest BCUT2D eigenvalue weighted by atomic mass is 32.2. The maximum atomic E-state index is 11.4. The van der Waals surface area contributed by atoms with Crippen LogP contribution in [-0.2, 0) is 9.59 Å². The highest BCUT2D eigenvalue weighted by Crippen LogP contribution is 2.24. The van der Waals surface area contributed by atoms with E-state index in [1.807, 2.05) is 0 Å². The quantitative estimate of drug-likeness (QED) is 0.521. The Kier molecular flexibility index (Phi) is 3.88. The number of nitrogens with one attached hydrogen (secondary N) is 2. The molecule has 1 aliphatic rings. The Hall–Kier alpha value is -1.96. The predicted molar refractivity (Wildman–Crippen MR) is 65.0 cm³/mol. The van der Waals surface area contributed by atoms with Crippen LogP contribution < -0.4 is 10.7 Å². The Morgan fingerprint density at radius 3 is 3.22 bits per heavy atom. The molecule has 0 aliphatic carbocycles. The number of furan rings is 1. The number of hydrazone groups is 1. The van der Waals surface area contributed by atoms with Crippen LogP contribution in [0.5, 0.6) is 0 Å². The Morgan fingerprint density at radius 2 is 2.56 bits per heavy atom. The van der Waals surface area contributed by atoms with Crippen molar-refractivity contribution in [1.82, 2.24) is 10.7 Å². The average molecular weight is 269 g/mol. The molecule has 18 heavy (non-hydrogen) atoms. The zero-order chi connectivity index (χ0) is 13.0. The van der Waals surface area contributed by atoms with Crippen LogP contribution in [0.4, 0.5) is 0 Å². The molecule has 1 saturated heterocycles. The van der Waals surface area contributed by atoms with Crippen molar-refractivity contribution >= 4 is 29.9 Å². The molecule has 2 atom stereocenters. The van der Waals surface area contributed by atoms with Gasteiger partial charge in [0.05, 0.1) is 24.1 Å². The summed E-state index contributed by atoms with van der Waals surface area (Å²) in [7, 11) is 0. The molecule has 96 valence electrons. The zero-order valence-electron chi connectivity index (χ0n) is 9.20. The summed E-state index contributed by atoms with van der Waals surface area (Å²) in [5.41, 5.74) is 2.28. The second kappa shape index (κ2) is 5.58. The van der Waals surface area contributed by atoms with E-state index in [0.717, 1.165) is 0 Å². The number of rotatable bonds is 5. The van der Waals surface area contributed by atoms with Crippen molar-refractivity contribution in [2.24, 2.45) is 5.10 Å². The first kappa shape index (κ1) is 12.5. The van der Waals surface area contributed by atoms with Crippen molar-refractivity contribution in [2.45, 2.75) is 17.2 Å². The van der Waals surface area contributed by atoms with E-state index < -0.39 is 16.7 Å². The van der Waals surface area contributed by atoms with Crippen molar-refractivity contribution < 1.29 is 19.1 Å². The minimum atomic E-state index is -0.998. The van der Waals surface area contributed by atoms with Crippen molar-refractivity contribution in [3.63, 3.8) is 0 Å². The summed E-state index contributed by atoms with van der Waals surface area (Å²) >= 11 is 1.19. The molecule has 1 aliphatic heterocycles. The van der Waals surface area contributed by atoms with E-state index in [9.17, 15) is 9.59 Å². The molecule has 1 aromatic heterocycles. The Labute approximate surface area is 107 Å². The van der Waals surface area contributed by atoms with Crippen LogP contribution in [0.25, 0.3) is 0 Å². The van der Waals surface area contributed by atoms with Gasteiger partial charge in [0.1, 0.15) is 5.76 Å². The molecule has 1 fully saturated rings. The molecule has 0 bridgehead atoms. The van der Waals surface area contributed by atoms with Gasteiger partial charge < -0.3 is 14.8 Å². The van der Waals surface area contributed by atoms with Crippen LogP contribution in [0.2, 0.25) is 0 Å². The van der Waals surface area contributed by atoms with Gasteiger partial charge in [0.2, 0.25) is 5.91 Å². The maximum absolute atomic E-state index is 11.4. The van der Waals surface area contributed by atoms with Crippen LogP contribution in [0, 0.1) is 0 Å². The summed E-state index contributed by atoms with van der Waals surface area (Å²) in [5.74, 6) is -0.714. The summed E-state index contributed by atoms with van der Waals surface area (Å²) in [6.07, 6.45) is 2.80. The minimum Gasteiger partial charge on any atom is -0.481 e. The van der Waals surface area contributed by atoms with Gasteiger partial charge >= 0.3 is 5.97 Å². The summed E-state index contributed by atoms with van der Waals surface area (Å²) in [6.45, 7) is 0. The van der Waals surface area contributed by atoms with E-state index in [-0.39, 0.29) is 12.3 Å². The smallest absolute Gasteiger partial charge is 0.305 e. The van der Waals surface area contributed by atoms with Gasteiger partial charge in [-0.1, -0.05) is 0 Å². The fourth-order valence-corrected chi connectivity index (χ4v) is 2.44. The number of thioether (sulfide) groups is 1. The molecule has 1 aromatic rings. The second-order valence-electron chi connectivity index (χ2n) is 3.51. The summed E-state index contributed by atoms with van der Waals surface area (Å²) in [5, 5.41) is 14.5. The van der Waals surface area contributed by atoms with Crippen molar-refractivity contribution in [3.05, 3.63) is 24.2 Å². The number of nitrogens with zero attached hydrogens (tertiary/aromatic N) is 1. The SMILES string of the molecule is O=C(O)CC1SC(N/N=C/c2ccco2)NC1=O. The molecule has 0 spiro atoms. The van der Waals surface area contributed by atoms with Crippen LogP contribution >= 0.6 is 11.8 Å². The van der Waals surface area contributed by atoms with E-state index in [1.54, 1.807) is 12.1 Å². The molecule has 8 heteroatoms. The predicted octanol–water partition coefficient (Wildman–Crippen LogP) is 0.193. The molecule has 1 amide bonds. The van der Waals surface area contributed by atoms with E-state index in [1.165, 1.54) is 24.2 Å². The largest absolute Gasteiger partial charge is 0.481 e. The molecule has 7 nitrogen and oxygen atoms in total. The van der Waals surface area contributed by atoms with Crippen molar-refractivity contribution in [3.8, 4) is 0 Å². The molecule has 2 unspecified atom stereocenters. The molecule has 2 heterocycles. The highest BCUT2D eigenvalue weighted by Gasteiger charge is 2.33. The van der Waals surface area contributed by atoms with Crippen LogP contribution in [0.3, 0.4) is 0 Å². The Balaban J connectivity index is 1.82. The highest BCUT2D eigenvalue weighted by molar-refractivity contribution is 8.01. The summed E-state index contributed by atoms with van der Waals surface area (Å²) in [6, 6.07) is 3.47. The van der Waals surface area contributed by atoms with Gasteiger partial charge in [-0.3, -0.25) is 15.0 Å². The molecule has 0 radical (unpaired) electrons. The fourth-order valence-electron chi connectivity index (χ4n) is 1.38. The molecular formula is C10H11N3O4S. The number of hydrogen-bond acceptors (Lipinski definition) is 6. The number of carbonyl (C=O) groups excluding carboxylic acids is 1. The minimum absolute atomic E-state index is 0.198. The van der Waals surface area contributed by atoms with Gasteiger partial charge in [0, 0.05) is 0 Å². The van der Waals surface area contributed by atoms with Gasteiger partial charge in [0.25, 0.3) is 0 Å². The van der Waals surface area contributed by atoms with E-state index in [0.29, 0.717) is 5.76 Å². The standard InChI is InChI=1S/C10H11N3O4S/c14-8(15)4-7-9(16)12-10(18-7)13-11-5-6-2-1-3-17-6/h1-3,5,7,10,13H,4H2,(H,12,16)(H,14,15)/b11-5+. The van der Waals surface area contributed by atoms with Gasteiger partial charge in [-0.2, -0.15) is 5.10 Å². The summed E-state index contributed by atoms with van der Waals surface area (Å²) in [4.78, 5) is 21.9. The monoisotopic (exact) mass is 269 g/mol. The lowest BCUT2D eigenvalue weighted by Crippen LogP contribution is -2.35. The normalized spacial score (nSPS) is 23.2. The molecule has 0 aromatic carbocycles.